The van der Waals surface area contributed by atoms with Gasteiger partial charge in [-0.15, -0.1) is 0 Å². The summed E-state index contributed by atoms with van der Waals surface area (Å²) in [5.41, 5.74) is 5.80. The fraction of sp³-hybridized carbons (Fsp3) is 0.423. The maximum atomic E-state index is 15.8. The van der Waals surface area contributed by atoms with Crippen LogP contribution in [0, 0.1) is 5.82 Å². The molecule has 3 aliphatic rings. The fourth-order valence-corrected chi connectivity index (χ4v) is 5.97. The highest BCUT2D eigenvalue weighted by atomic mass is 19.1. The molecule has 1 saturated heterocycles. The van der Waals surface area contributed by atoms with Crippen LogP contribution in [0.2, 0.25) is 0 Å². The van der Waals surface area contributed by atoms with Gasteiger partial charge in [0.2, 0.25) is 5.43 Å². The lowest BCUT2D eigenvalue weighted by Gasteiger charge is -2.39. The Morgan fingerprint density at radius 2 is 2.11 bits per heavy atom. The van der Waals surface area contributed by atoms with E-state index in [1.807, 2.05) is 22.8 Å². The highest BCUT2D eigenvalue weighted by Crippen LogP contribution is 2.49. The highest BCUT2D eigenvalue weighted by molar-refractivity contribution is 6.04. The van der Waals surface area contributed by atoms with Gasteiger partial charge in [0, 0.05) is 31.5 Å². The molecular formula is C26H28FN5O3. The molecule has 2 aliphatic heterocycles. The number of halogens is 1. The molecule has 1 atom stereocenters. The molecule has 1 spiro atoms. The molecule has 2 aromatic heterocycles. The van der Waals surface area contributed by atoms with Crippen LogP contribution in [0.4, 0.5) is 21.6 Å². The monoisotopic (exact) mass is 477 g/mol. The van der Waals surface area contributed by atoms with E-state index in [9.17, 15) is 9.59 Å². The number of hydrogen-bond acceptors (Lipinski definition) is 7. The molecule has 1 unspecified atom stereocenters. The molecular weight excluding hydrogens is 449 g/mol. The zero-order valence-corrected chi connectivity index (χ0v) is 19.6. The molecule has 0 bridgehead atoms. The van der Waals surface area contributed by atoms with Crippen molar-refractivity contribution in [1.29, 1.82) is 0 Å². The van der Waals surface area contributed by atoms with Crippen molar-refractivity contribution in [2.45, 2.75) is 50.6 Å². The van der Waals surface area contributed by atoms with Crippen molar-refractivity contribution in [1.82, 2.24) is 9.55 Å². The summed E-state index contributed by atoms with van der Waals surface area (Å²) in [7, 11) is 0. The summed E-state index contributed by atoms with van der Waals surface area (Å²) >= 11 is 0. The fourth-order valence-electron chi connectivity index (χ4n) is 5.97. The minimum absolute atomic E-state index is 0.0308. The number of pyridine rings is 2. The lowest BCUT2D eigenvalue weighted by atomic mass is 9.93. The number of hydrogen-bond donors (Lipinski definition) is 2. The molecule has 2 fully saturated rings. The summed E-state index contributed by atoms with van der Waals surface area (Å²) in [5, 5.41) is 3.36. The van der Waals surface area contributed by atoms with Crippen LogP contribution in [0.25, 0.3) is 10.9 Å². The van der Waals surface area contributed by atoms with Crippen molar-refractivity contribution in [2.75, 3.05) is 35.6 Å². The van der Waals surface area contributed by atoms with Crippen molar-refractivity contribution in [3.63, 3.8) is 0 Å². The Morgan fingerprint density at radius 3 is 2.83 bits per heavy atom. The Kier molecular flexibility index (Phi) is 4.98. The van der Waals surface area contributed by atoms with Gasteiger partial charge in [-0.1, -0.05) is 18.9 Å². The van der Waals surface area contributed by atoms with E-state index in [4.69, 9.17) is 10.5 Å². The Morgan fingerprint density at radius 1 is 1.31 bits per heavy atom. The van der Waals surface area contributed by atoms with E-state index in [0.717, 1.165) is 44.5 Å². The number of ketones is 1. The first-order valence-electron chi connectivity index (χ1n) is 12.2. The molecule has 6 rings (SSSR count). The summed E-state index contributed by atoms with van der Waals surface area (Å²) in [4.78, 5) is 32.2. The lowest BCUT2D eigenvalue weighted by Crippen LogP contribution is -2.42. The molecule has 8 nitrogen and oxygen atoms in total. The number of nitrogens with two attached hydrogens (primary N) is 1. The van der Waals surface area contributed by atoms with Crippen molar-refractivity contribution in [2.24, 2.45) is 0 Å². The molecule has 3 N–H and O–H groups in total. The molecule has 0 amide bonds. The number of anilines is 3. The molecule has 9 heteroatoms. The molecule has 1 saturated carbocycles. The van der Waals surface area contributed by atoms with E-state index in [2.05, 4.69) is 15.2 Å². The first kappa shape index (κ1) is 21.9. The van der Waals surface area contributed by atoms with E-state index < -0.39 is 11.2 Å². The molecule has 4 heterocycles. The average molecular weight is 478 g/mol. The van der Waals surface area contributed by atoms with Gasteiger partial charge in [-0.3, -0.25) is 9.59 Å². The van der Waals surface area contributed by atoms with E-state index in [-0.39, 0.29) is 39.7 Å². The van der Waals surface area contributed by atoms with Gasteiger partial charge in [0.15, 0.2) is 17.3 Å². The third-order valence-electron chi connectivity index (χ3n) is 7.79. The van der Waals surface area contributed by atoms with Gasteiger partial charge >= 0.3 is 0 Å². The van der Waals surface area contributed by atoms with Crippen LogP contribution < -0.4 is 26.1 Å². The zero-order chi connectivity index (χ0) is 24.3. The Labute approximate surface area is 201 Å². The first-order valence-corrected chi connectivity index (χ1v) is 12.2. The number of aromatic nitrogens is 2. The van der Waals surface area contributed by atoms with Crippen LogP contribution in [0.3, 0.4) is 0 Å². The number of nitrogens with zero attached hydrogens (tertiary/aromatic N) is 3. The van der Waals surface area contributed by atoms with E-state index in [1.165, 1.54) is 6.92 Å². The van der Waals surface area contributed by atoms with Gasteiger partial charge < -0.3 is 25.3 Å². The van der Waals surface area contributed by atoms with Gasteiger partial charge in [-0.05, 0) is 38.3 Å². The van der Waals surface area contributed by atoms with Crippen LogP contribution in [-0.2, 0) is 5.54 Å². The summed E-state index contributed by atoms with van der Waals surface area (Å²) in [5.74, 6) is 0.106. The van der Waals surface area contributed by atoms with Gasteiger partial charge in [0.25, 0.3) is 0 Å². The topological polar surface area (TPSA) is 102 Å². The summed E-state index contributed by atoms with van der Waals surface area (Å²) in [6.07, 6.45) is 7.96. The number of rotatable bonds is 4. The van der Waals surface area contributed by atoms with Crippen molar-refractivity contribution >= 4 is 33.9 Å². The second-order valence-corrected chi connectivity index (χ2v) is 9.94. The minimum Gasteiger partial charge on any atom is -0.487 e. The van der Waals surface area contributed by atoms with Crippen LogP contribution in [0.1, 0.15) is 49.4 Å². The third-order valence-corrected chi connectivity index (χ3v) is 7.79. The minimum atomic E-state index is -0.712. The summed E-state index contributed by atoms with van der Waals surface area (Å²) < 4.78 is 24.0. The van der Waals surface area contributed by atoms with E-state index in [0.29, 0.717) is 24.4 Å². The van der Waals surface area contributed by atoms with Crippen LogP contribution >= 0.6 is 0 Å². The smallest absolute Gasteiger partial charge is 0.202 e. The second-order valence-electron chi connectivity index (χ2n) is 9.94. The van der Waals surface area contributed by atoms with Gasteiger partial charge in [-0.2, -0.15) is 0 Å². The Hall–Kier alpha value is -3.62. The first-order chi connectivity index (χ1) is 16.9. The summed E-state index contributed by atoms with van der Waals surface area (Å²) in [6, 6.07) is 5.72. The maximum Gasteiger partial charge on any atom is 0.202 e. The Bertz CT molecular complexity index is 1400. The largest absolute Gasteiger partial charge is 0.487 e. The van der Waals surface area contributed by atoms with E-state index in [1.54, 1.807) is 12.4 Å². The van der Waals surface area contributed by atoms with Crippen molar-refractivity contribution in [3.8, 4) is 5.75 Å². The van der Waals surface area contributed by atoms with Crippen LogP contribution in [0.15, 0.2) is 35.4 Å². The van der Waals surface area contributed by atoms with Crippen molar-refractivity contribution < 1.29 is 13.9 Å². The van der Waals surface area contributed by atoms with Crippen LogP contribution in [0.5, 0.6) is 5.75 Å². The molecule has 1 aliphatic carbocycles. The molecule has 1 aromatic carbocycles. The SMILES string of the molecule is CC(=O)c1cn2c3c(c(NC4CCN(c5ccccn5)C4)c(F)c(N)c3c1=O)OCC21CCCC1. The highest BCUT2D eigenvalue weighted by Gasteiger charge is 2.43. The molecule has 35 heavy (non-hydrogen) atoms. The predicted octanol–water partition coefficient (Wildman–Crippen LogP) is 3.67. The average Bonchev–Trinajstić information content (AvgIpc) is 3.52. The molecule has 0 radical (unpaired) electrons. The van der Waals surface area contributed by atoms with Gasteiger partial charge in [-0.25, -0.2) is 9.37 Å². The number of Topliss-reactive ketones (excluding diaryl/α,β-unsaturated/α-hetero) is 1. The number of ether oxygens (including phenoxy) is 1. The lowest BCUT2D eigenvalue weighted by molar-refractivity contribution is 0.101. The van der Waals surface area contributed by atoms with Gasteiger partial charge in [0.05, 0.1) is 27.7 Å². The molecule has 3 aromatic rings. The number of benzene rings is 1. The number of carbonyl (C=O) groups excluding carboxylic acids is 1. The Balaban J connectivity index is 1.48. The number of nitrogen functional groups attached to an aromatic ring is 1. The quantitative estimate of drug-likeness (QED) is 0.437. The van der Waals surface area contributed by atoms with Crippen molar-refractivity contribution in [3.05, 3.63) is 52.2 Å². The second kappa shape index (κ2) is 7.96. The normalized spacial score (nSPS) is 20.4. The zero-order valence-electron chi connectivity index (χ0n) is 19.6. The number of fused-ring (bicyclic) bond motifs is 1. The van der Waals surface area contributed by atoms with E-state index >= 15 is 4.39 Å². The predicted molar refractivity (Wildman–Crippen MR) is 133 cm³/mol. The summed E-state index contributed by atoms with van der Waals surface area (Å²) in [6.45, 7) is 3.14. The molecule has 182 valence electrons. The third kappa shape index (κ3) is 3.28. The number of carbonyl (C=O) groups is 1. The number of nitrogens with one attached hydrogen (secondary N) is 1. The van der Waals surface area contributed by atoms with Crippen LogP contribution in [-0.4, -0.2) is 41.1 Å². The maximum absolute atomic E-state index is 15.8. The standard InChI is InChI=1S/C26H28FN5O3/c1-15(33)17-13-32-23-19(24(17)34)21(28)20(27)22(25(23)35-14-26(32)8-3-4-9-26)30-16-7-11-31(12-16)18-6-2-5-10-29-18/h2,5-6,10,13,16,30H,3-4,7-9,11-12,14,28H2,1H3. The van der Waals surface area contributed by atoms with Gasteiger partial charge in [0.1, 0.15) is 18.1 Å².